The maximum absolute atomic E-state index is 12.3. The zero-order valence-electron chi connectivity index (χ0n) is 17.8. The van der Waals surface area contributed by atoms with E-state index < -0.39 is 0 Å². The lowest BCUT2D eigenvalue weighted by atomic mass is 10.0. The molecule has 0 aliphatic rings. The Morgan fingerprint density at radius 3 is 2.00 bits per heavy atom. The van der Waals surface area contributed by atoms with E-state index in [2.05, 4.69) is 24.5 Å². The number of hydrogen-bond donors (Lipinski definition) is 2. The summed E-state index contributed by atoms with van der Waals surface area (Å²) in [7, 11) is 1.59. The first-order valence-corrected chi connectivity index (χ1v) is 11.0. The van der Waals surface area contributed by atoms with Gasteiger partial charge < -0.3 is 15.4 Å². The van der Waals surface area contributed by atoms with Gasteiger partial charge >= 0.3 is 0 Å². The largest absolute Gasteiger partial charge is 0.497 e. The van der Waals surface area contributed by atoms with E-state index in [1.54, 1.807) is 31.4 Å². The summed E-state index contributed by atoms with van der Waals surface area (Å²) >= 11 is 1.45. The van der Waals surface area contributed by atoms with E-state index in [9.17, 15) is 9.59 Å². The molecule has 2 N–H and O–H groups in total. The third-order valence-corrected chi connectivity index (χ3v) is 5.71. The Morgan fingerprint density at radius 1 is 0.839 bits per heavy atom. The minimum absolute atomic E-state index is 0.0563. The van der Waals surface area contributed by atoms with Gasteiger partial charge in [-0.1, -0.05) is 26.0 Å². The number of anilines is 2. The molecule has 0 bridgehead atoms. The minimum atomic E-state index is -0.189. The molecule has 0 radical (unpaired) electrons. The monoisotopic (exact) mass is 434 g/mol. The number of nitrogens with one attached hydrogen (secondary N) is 2. The summed E-state index contributed by atoms with van der Waals surface area (Å²) in [5.74, 6) is 1.23. The van der Waals surface area contributed by atoms with Crippen LogP contribution in [0.1, 0.15) is 35.7 Å². The van der Waals surface area contributed by atoms with Gasteiger partial charge in [0, 0.05) is 21.8 Å². The second-order valence-electron chi connectivity index (χ2n) is 7.32. The Balaban J connectivity index is 1.48. The molecule has 2 amide bonds. The molecule has 3 aromatic carbocycles. The molecule has 0 atom stereocenters. The van der Waals surface area contributed by atoms with Crippen LogP contribution in [-0.4, -0.2) is 24.7 Å². The zero-order valence-corrected chi connectivity index (χ0v) is 18.7. The molecular formula is C25H26N2O3S. The summed E-state index contributed by atoms with van der Waals surface area (Å²) in [5.41, 5.74) is 3.29. The van der Waals surface area contributed by atoms with Crippen molar-refractivity contribution < 1.29 is 14.3 Å². The van der Waals surface area contributed by atoms with Crippen LogP contribution in [-0.2, 0) is 4.79 Å². The van der Waals surface area contributed by atoms with Gasteiger partial charge in [-0.3, -0.25) is 9.59 Å². The van der Waals surface area contributed by atoms with Crippen molar-refractivity contribution in [3.8, 4) is 5.75 Å². The lowest BCUT2D eigenvalue weighted by molar-refractivity contribution is -0.113. The highest BCUT2D eigenvalue weighted by molar-refractivity contribution is 8.00. The molecule has 0 saturated heterocycles. The predicted molar refractivity (Wildman–Crippen MR) is 127 cm³/mol. The number of benzene rings is 3. The van der Waals surface area contributed by atoms with Crippen LogP contribution in [0.4, 0.5) is 11.4 Å². The van der Waals surface area contributed by atoms with Crippen LogP contribution in [0.25, 0.3) is 0 Å². The van der Waals surface area contributed by atoms with Gasteiger partial charge in [0.2, 0.25) is 5.91 Å². The SMILES string of the molecule is COc1ccc(C(=O)Nc2ccc(SCC(=O)Nc3ccc(C(C)C)cc3)cc2)cc1. The average molecular weight is 435 g/mol. The number of methoxy groups -OCH3 is 1. The summed E-state index contributed by atoms with van der Waals surface area (Å²) in [5, 5.41) is 5.78. The quantitative estimate of drug-likeness (QED) is 0.440. The molecule has 0 unspecified atom stereocenters. The molecule has 0 heterocycles. The summed E-state index contributed by atoms with van der Waals surface area (Å²) in [6.45, 7) is 4.28. The van der Waals surface area contributed by atoms with Crippen LogP contribution in [0.15, 0.2) is 77.7 Å². The van der Waals surface area contributed by atoms with Gasteiger partial charge in [-0.2, -0.15) is 0 Å². The summed E-state index contributed by atoms with van der Waals surface area (Å²) in [4.78, 5) is 25.5. The van der Waals surface area contributed by atoms with Crippen molar-refractivity contribution in [3.05, 3.63) is 83.9 Å². The van der Waals surface area contributed by atoms with E-state index in [-0.39, 0.29) is 11.8 Å². The van der Waals surface area contributed by atoms with Gasteiger partial charge in [0.25, 0.3) is 5.91 Å². The molecule has 160 valence electrons. The second kappa shape index (κ2) is 10.7. The van der Waals surface area contributed by atoms with E-state index in [1.165, 1.54) is 17.3 Å². The van der Waals surface area contributed by atoms with Gasteiger partial charge in [-0.15, -0.1) is 11.8 Å². The molecule has 0 aliphatic heterocycles. The lowest BCUT2D eigenvalue weighted by Gasteiger charge is -2.09. The first kappa shape index (κ1) is 22.4. The Hall–Kier alpha value is -3.25. The highest BCUT2D eigenvalue weighted by Crippen LogP contribution is 2.22. The number of rotatable bonds is 8. The van der Waals surface area contributed by atoms with Crippen LogP contribution in [0, 0.1) is 0 Å². The Bertz CT molecular complexity index is 1010. The number of hydrogen-bond acceptors (Lipinski definition) is 4. The number of amides is 2. The fourth-order valence-electron chi connectivity index (χ4n) is 2.88. The number of thioether (sulfide) groups is 1. The third kappa shape index (κ3) is 6.62. The van der Waals surface area contributed by atoms with Gasteiger partial charge in [0.15, 0.2) is 0 Å². The molecule has 0 aliphatic carbocycles. The zero-order chi connectivity index (χ0) is 22.2. The highest BCUT2D eigenvalue weighted by atomic mass is 32.2. The van der Waals surface area contributed by atoms with E-state index >= 15 is 0 Å². The maximum Gasteiger partial charge on any atom is 0.255 e. The molecule has 3 aromatic rings. The fourth-order valence-corrected chi connectivity index (χ4v) is 3.58. The number of carbonyl (C=O) groups is 2. The van der Waals surface area contributed by atoms with Crippen LogP contribution >= 0.6 is 11.8 Å². The van der Waals surface area contributed by atoms with Crippen molar-refractivity contribution in [1.29, 1.82) is 0 Å². The first-order chi connectivity index (χ1) is 14.9. The van der Waals surface area contributed by atoms with Crippen LogP contribution in [0.3, 0.4) is 0 Å². The van der Waals surface area contributed by atoms with E-state index in [1.807, 2.05) is 48.5 Å². The van der Waals surface area contributed by atoms with E-state index in [4.69, 9.17) is 4.74 Å². The average Bonchev–Trinajstić information content (AvgIpc) is 2.79. The van der Waals surface area contributed by atoms with Gasteiger partial charge in [0.1, 0.15) is 5.75 Å². The predicted octanol–water partition coefficient (Wildman–Crippen LogP) is 5.80. The summed E-state index contributed by atoms with van der Waals surface area (Å²) in [6.07, 6.45) is 0. The summed E-state index contributed by atoms with van der Waals surface area (Å²) in [6, 6.07) is 22.3. The van der Waals surface area contributed by atoms with Gasteiger partial charge in [-0.05, 0) is 72.1 Å². The molecule has 0 saturated carbocycles. The topological polar surface area (TPSA) is 67.4 Å². The molecule has 5 nitrogen and oxygen atoms in total. The molecule has 3 rings (SSSR count). The molecular weight excluding hydrogens is 408 g/mol. The van der Waals surface area contributed by atoms with Crippen LogP contribution < -0.4 is 15.4 Å². The van der Waals surface area contributed by atoms with E-state index in [0.29, 0.717) is 28.7 Å². The summed E-state index contributed by atoms with van der Waals surface area (Å²) < 4.78 is 5.10. The lowest BCUT2D eigenvalue weighted by Crippen LogP contribution is -2.14. The van der Waals surface area contributed by atoms with Crippen molar-refractivity contribution in [3.63, 3.8) is 0 Å². The van der Waals surface area contributed by atoms with Crippen molar-refractivity contribution >= 4 is 35.0 Å². The Labute approximate surface area is 187 Å². The smallest absolute Gasteiger partial charge is 0.255 e. The number of ether oxygens (including phenoxy) is 1. The van der Waals surface area contributed by atoms with E-state index in [0.717, 1.165) is 10.6 Å². The van der Waals surface area contributed by atoms with Crippen molar-refractivity contribution in [2.24, 2.45) is 0 Å². The third-order valence-electron chi connectivity index (χ3n) is 4.70. The molecule has 6 heteroatoms. The second-order valence-corrected chi connectivity index (χ2v) is 8.37. The maximum atomic E-state index is 12.3. The van der Waals surface area contributed by atoms with Gasteiger partial charge in [-0.25, -0.2) is 0 Å². The van der Waals surface area contributed by atoms with Gasteiger partial charge in [0.05, 0.1) is 12.9 Å². The standard InChI is InChI=1S/C25H26N2O3S/c1-17(2)18-4-8-20(9-5-18)26-24(28)16-31-23-14-10-21(11-15-23)27-25(29)19-6-12-22(30-3)13-7-19/h4-15,17H,16H2,1-3H3,(H,26,28)(H,27,29). The van der Waals surface area contributed by atoms with Crippen LogP contribution in [0.5, 0.6) is 5.75 Å². The van der Waals surface area contributed by atoms with Crippen LogP contribution in [0.2, 0.25) is 0 Å². The molecule has 31 heavy (non-hydrogen) atoms. The number of carbonyl (C=O) groups excluding carboxylic acids is 2. The minimum Gasteiger partial charge on any atom is -0.497 e. The Morgan fingerprint density at radius 2 is 1.42 bits per heavy atom. The highest BCUT2D eigenvalue weighted by Gasteiger charge is 2.08. The van der Waals surface area contributed by atoms with Crippen molar-refractivity contribution in [2.45, 2.75) is 24.7 Å². The molecule has 0 fully saturated rings. The molecule has 0 aromatic heterocycles. The molecule has 0 spiro atoms. The normalized spacial score (nSPS) is 10.6. The van der Waals surface area contributed by atoms with Crippen molar-refractivity contribution in [2.75, 3.05) is 23.5 Å². The Kier molecular flexibility index (Phi) is 7.73. The first-order valence-electron chi connectivity index (χ1n) is 10.0. The van der Waals surface area contributed by atoms with Crippen molar-refractivity contribution in [1.82, 2.24) is 0 Å². The fraction of sp³-hybridized carbons (Fsp3) is 0.200.